The Kier molecular flexibility index (Phi) is 6.67. The Morgan fingerprint density at radius 2 is 2.04 bits per heavy atom. The molecule has 2 N–H and O–H groups in total. The van der Waals surface area contributed by atoms with Crippen molar-refractivity contribution in [3.63, 3.8) is 0 Å². The number of carbonyl (C=O) groups excluding carboxylic acids is 2. The van der Waals surface area contributed by atoms with Crippen LogP contribution >= 0.6 is 0 Å². The molecule has 0 bridgehead atoms. The molecule has 0 spiro atoms. The van der Waals surface area contributed by atoms with Crippen molar-refractivity contribution < 1.29 is 14.5 Å². The van der Waals surface area contributed by atoms with Gasteiger partial charge in [-0.1, -0.05) is 12.1 Å². The Balaban J connectivity index is 1.37. The minimum Gasteiger partial charge on any atom is -0.356 e. The summed E-state index contributed by atoms with van der Waals surface area (Å²) in [6, 6.07) is 8.58. The van der Waals surface area contributed by atoms with Gasteiger partial charge in [-0.05, 0) is 50.3 Å². The Morgan fingerprint density at radius 1 is 1.23 bits per heavy atom. The first-order valence-corrected chi connectivity index (χ1v) is 10.1. The number of piperidine rings is 1. The van der Waals surface area contributed by atoms with E-state index in [2.05, 4.69) is 12.2 Å². The molecule has 0 aliphatic carbocycles. The third-order valence-electron chi connectivity index (χ3n) is 5.76. The molecule has 5 nitrogen and oxygen atoms in total. The Morgan fingerprint density at radius 3 is 2.73 bits per heavy atom. The monoisotopic (exact) mass is 358 g/mol. The molecule has 2 aliphatic heterocycles. The van der Waals surface area contributed by atoms with E-state index in [4.69, 9.17) is 0 Å². The molecule has 1 aromatic rings. The zero-order valence-electron chi connectivity index (χ0n) is 15.9. The van der Waals surface area contributed by atoms with Crippen molar-refractivity contribution in [1.29, 1.82) is 0 Å². The SMILES string of the molecule is C[C@H]1CCCC[NH+]1CCCNC(=O)Cc1ccc(N2CCCC2=O)cc1. The van der Waals surface area contributed by atoms with Gasteiger partial charge in [0, 0.05) is 31.6 Å². The van der Waals surface area contributed by atoms with Gasteiger partial charge >= 0.3 is 0 Å². The molecule has 0 aromatic heterocycles. The van der Waals surface area contributed by atoms with Gasteiger partial charge in [-0.3, -0.25) is 9.59 Å². The average Bonchev–Trinajstić information content (AvgIpc) is 3.07. The van der Waals surface area contributed by atoms with Gasteiger partial charge in [-0.25, -0.2) is 0 Å². The van der Waals surface area contributed by atoms with Crippen molar-refractivity contribution in [2.24, 2.45) is 0 Å². The zero-order valence-corrected chi connectivity index (χ0v) is 15.9. The van der Waals surface area contributed by atoms with Crippen molar-refractivity contribution in [2.45, 2.75) is 57.9 Å². The number of hydrogen-bond acceptors (Lipinski definition) is 2. The molecule has 0 saturated carbocycles. The highest BCUT2D eigenvalue weighted by Crippen LogP contribution is 2.21. The van der Waals surface area contributed by atoms with Crippen molar-refractivity contribution in [1.82, 2.24) is 5.32 Å². The quantitative estimate of drug-likeness (QED) is 0.723. The predicted molar refractivity (Wildman–Crippen MR) is 103 cm³/mol. The largest absolute Gasteiger partial charge is 0.356 e. The first-order valence-electron chi connectivity index (χ1n) is 10.1. The number of quaternary nitrogens is 1. The highest BCUT2D eigenvalue weighted by Gasteiger charge is 2.22. The van der Waals surface area contributed by atoms with Crippen LogP contribution < -0.4 is 15.1 Å². The van der Waals surface area contributed by atoms with Crippen LogP contribution in [0.1, 0.15) is 51.0 Å². The van der Waals surface area contributed by atoms with Crippen LogP contribution in [-0.2, 0) is 16.0 Å². The Bertz CT molecular complexity index is 614. The number of likely N-dealkylation sites (tertiary alicyclic amines) is 1. The highest BCUT2D eigenvalue weighted by atomic mass is 16.2. The molecule has 5 heteroatoms. The Hall–Kier alpha value is -1.88. The van der Waals surface area contributed by atoms with Gasteiger partial charge in [0.15, 0.2) is 0 Å². The lowest BCUT2D eigenvalue weighted by Crippen LogP contribution is -3.16. The van der Waals surface area contributed by atoms with E-state index in [1.807, 2.05) is 29.2 Å². The molecular weight excluding hydrogens is 326 g/mol. The molecule has 2 amide bonds. The number of carbonyl (C=O) groups is 2. The second-order valence-corrected chi connectivity index (χ2v) is 7.75. The molecule has 2 heterocycles. The lowest BCUT2D eigenvalue weighted by atomic mass is 10.0. The second-order valence-electron chi connectivity index (χ2n) is 7.75. The lowest BCUT2D eigenvalue weighted by molar-refractivity contribution is -0.928. The van der Waals surface area contributed by atoms with Gasteiger partial charge in [0.25, 0.3) is 0 Å². The van der Waals surface area contributed by atoms with E-state index in [1.165, 1.54) is 25.8 Å². The predicted octanol–water partition coefficient (Wildman–Crippen LogP) is 1.32. The van der Waals surface area contributed by atoms with Crippen LogP contribution in [0.15, 0.2) is 24.3 Å². The molecule has 142 valence electrons. The van der Waals surface area contributed by atoms with Gasteiger partial charge in [-0.2, -0.15) is 0 Å². The number of amides is 2. The van der Waals surface area contributed by atoms with Crippen LogP contribution in [0.2, 0.25) is 0 Å². The normalized spacial score (nSPS) is 23.3. The molecule has 2 aliphatic rings. The van der Waals surface area contributed by atoms with E-state index < -0.39 is 0 Å². The second kappa shape index (κ2) is 9.17. The van der Waals surface area contributed by atoms with E-state index in [0.717, 1.165) is 49.8 Å². The first-order chi connectivity index (χ1) is 12.6. The van der Waals surface area contributed by atoms with Gasteiger partial charge < -0.3 is 15.1 Å². The number of hydrogen-bond donors (Lipinski definition) is 2. The summed E-state index contributed by atoms with van der Waals surface area (Å²) in [5, 5.41) is 3.05. The smallest absolute Gasteiger partial charge is 0.227 e. The maximum Gasteiger partial charge on any atom is 0.227 e. The van der Waals surface area contributed by atoms with Crippen LogP contribution in [0.5, 0.6) is 0 Å². The first kappa shape index (κ1) is 18.9. The summed E-state index contributed by atoms with van der Waals surface area (Å²) in [5.41, 5.74) is 1.93. The maximum atomic E-state index is 12.1. The van der Waals surface area contributed by atoms with Gasteiger partial charge in [-0.15, -0.1) is 0 Å². The van der Waals surface area contributed by atoms with E-state index in [0.29, 0.717) is 12.8 Å². The molecule has 2 saturated heterocycles. The summed E-state index contributed by atoms with van der Waals surface area (Å²) in [6.07, 6.45) is 7.06. The number of nitrogens with zero attached hydrogens (tertiary/aromatic N) is 1. The van der Waals surface area contributed by atoms with Crippen molar-refractivity contribution in [3.8, 4) is 0 Å². The van der Waals surface area contributed by atoms with Gasteiger partial charge in [0.1, 0.15) is 0 Å². The summed E-state index contributed by atoms with van der Waals surface area (Å²) in [7, 11) is 0. The summed E-state index contributed by atoms with van der Waals surface area (Å²) in [6.45, 7) is 6.33. The molecule has 2 atom stereocenters. The van der Waals surface area contributed by atoms with Gasteiger partial charge in [0.2, 0.25) is 11.8 Å². The highest BCUT2D eigenvalue weighted by molar-refractivity contribution is 5.95. The Labute approximate surface area is 156 Å². The van der Waals surface area contributed by atoms with E-state index in [1.54, 1.807) is 4.90 Å². The molecule has 3 rings (SSSR count). The van der Waals surface area contributed by atoms with Crippen LogP contribution in [0, 0.1) is 0 Å². The van der Waals surface area contributed by atoms with Crippen LogP contribution in [0.4, 0.5) is 5.69 Å². The third-order valence-corrected chi connectivity index (χ3v) is 5.76. The molecule has 0 radical (unpaired) electrons. The van der Waals surface area contributed by atoms with Crippen molar-refractivity contribution in [2.75, 3.05) is 31.1 Å². The average molecular weight is 359 g/mol. The number of nitrogens with one attached hydrogen (secondary N) is 2. The minimum absolute atomic E-state index is 0.0803. The lowest BCUT2D eigenvalue weighted by Gasteiger charge is -2.30. The van der Waals surface area contributed by atoms with E-state index >= 15 is 0 Å². The van der Waals surface area contributed by atoms with E-state index in [9.17, 15) is 9.59 Å². The van der Waals surface area contributed by atoms with Gasteiger partial charge in [0.05, 0.1) is 25.6 Å². The van der Waals surface area contributed by atoms with Crippen molar-refractivity contribution >= 4 is 17.5 Å². The third kappa shape index (κ3) is 5.07. The molecule has 2 fully saturated rings. The number of benzene rings is 1. The minimum atomic E-state index is 0.0803. The summed E-state index contributed by atoms with van der Waals surface area (Å²) >= 11 is 0. The molecular formula is C21H32N3O2+. The van der Waals surface area contributed by atoms with E-state index in [-0.39, 0.29) is 11.8 Å². The van der Waals surface area contributed by atoms with Crippen LogP contribution in [0.25, 0.3) is 0 Å². The van der Waals surface area contributed by atoms with Crippen molar-refractivity contribution in [3.05, 3.63) is 29.8 Å². The summed E-state index contributed by atoms with van der Waals surface area (Å²) in [4.78, 5) is 27.4. The molecule has 1 aromatic carbocycles. The fourth-order valence-corrected chi connectivity index (χ4v) is 4.13. The topological polar surface area (TPSA) is 53.9 Å². The summed E-state index contributed by atoms with van der Waals surface area (Å²) < 4.78 is 0. The zero-order chi connectivity index (χ0) is 18.4. The fraction of sp³-hybridized carbons (Fsp3) is 0.619. The molecule has 26 heavy (non-hydrogen) atoms. The number of anilines is 1. The van der Waals surface area contributed by atoms with Crippen LogP contribution in [0.3, 0.4) is 0 Å². The maximum absolute atomic E-state index is 12.1. The summed E-state index contributed by atoms with van der Waals surface area (Å²) in [5.74, 6) is 0.275. The number of rotatable bonds is 7. The fourth-order valence-electron chi connectivity index (χ4n) is 4.13. The van der Waals surface area contributed by atoms with Crippen LogP contribution in [-0.4, -0.2) is 44.0 Å². The molecule has 1 unspecified atom stereocenters. The standard InChI is InChI=1S/C21H31N3O2/c1-17-6-2-3-13-23(17)14-5-12-22-20(25)16-18-8-10-19(11-9-18)24-15-4-7-21(24)26/h8-11,17H,2-7,12-16H2,1H3,(H,22,25)/p+1/t17-/m0/s1.